The highest BCUT2D eigenvalue weighted by Gasteiger charge is 2.12. The van der Waals surface area contributed by atoms with Crippen molar-refractivity contribution in [3.05, 3.63) is 36.5 Å². The molecule has 0 unspecified atom stereocenters. The molecule has 0 atom stereocenters. The lowest BCUT2D eigenvalue weighted by Gasteiger charge is -2.28. The van der Waals surface area contributed by atoms with Crippen molar-refractivity contribution in [3.8, 4) is 0 Å². The number of allylic oxidation sites excluding steroid dienone is 2. The molecule has 0 amide bonds. The first kappa shape index (κ1) is 19.7. The van der Waals surface area contributed by atoms with E-state index in [2.05, 4.69) is 52.5 Å². The van der Waals surface area contributed by atoms with Crippen molar-refractivity contribution in [1.29, 1.82) is 0 Å². The molecule has 116 valence electrons. The van der Waals surface area contributed by atoms with E-state index in [0.29, 0.717) is 11.8 Å². The van der Waals surface area contributed by atoms with E-state index in [4.69, 9.17) is 23.2 Å². The van der Waals surface area contributed by atoms with Crippen LogP contribution in [0.3, 0.4) is 0 Å². The normalized spacial score (nSPS) is 14.1. The van der Waals surface area contributed by atoms with Crippen LogP contribution in [0.15, 0.2) is 36.5 Å². The molecule has 0 heterocycles. The first-order chi connectivity index (χ1) is 9.33. The summed E-state index contributed by atoms with van der Waals surface area (Å²) in [4.78, 5) is 0. The molecule has 0 rings (SSSR count). The van der Waals surface area contributed by atoms with Gasteiger partial charge in [0, 0.05) is 11.8 Å². The van der Waals surface area contributed by atoms with Gasteiger partial charge in [-0.3, -0.25) is 0 Å². The number of likely N-dealkylation sites (N-methyl/N-ethyl adjacent to an activating group) is 2. The highest BCUT2D eigenvalue weighted by molar-refractivity contribution is 6.19. The Morgan fingerprint density at radius 2 is 0.800 bits per heavy atom. The van der Waals surface area contributed by atoms with E-state index >= 15 is 0 Å². The Kier molecular flexibility index (Phi) is 10.3. The maximum absolute atomic E-state index is 5.64. The molecule has 0 radical (unpaired) electrons. The van der Waals surface area contributed by atoms with Gasteiger partial charge in [-0.1, -0.05) is 12.2 Å². The zero-order valence-corrected chi connectivity index (χ0v) is 14.9. The van der Waals surface area contributed by atoms with E-state index in [1.807, 2.05) is 12.2 Å². The third-order valence-electron chi connectivity index (χ3n) is 3.08. The average molecular weight is 321 g/mol. The lowest BCUT2D eigenvalue weighted by atomic mass is 10.3. The third-order valence-corrected chi connectivity index (χ3v) is 3.43. The summed E-state index contributed by atoms with van der Waals surface area (Å²) in [5, 5.41) is 0. The molecule has 0 N–H and O–H groups in total. The summed E-state index contributed by atoms with van der Waals surface area (Å²) in [5.41, 5.74) is 0. The molecule has 0 saturated heterocycles. The predicted octanol–water partition coefficient (Wildman–Crippen LogP) is 3.29. The number of nitrogens with zero attached hydrogens (tertiary/aromatic N) is 2. The van der Waals surface area contributed by atoms with Crippen LogP contribution in [-0.4, -0.2) is 75.1 Å². The van der Waals surface area contributed by atoms with Crippen molar-refractivity contribution >= 4 is 23.2 Å². The molecule has 0 aromatic rings. The number of halogens is 2. The number of rotatable bonds is 10. The zero-order valence-electron chi connectivity index (χ0n) is 13.4. The van der Waals surface area contributed by atoms with Crippen molar-refractivity contribution in [2.24, 2.45) is 0 Å². The Labute approximate surface area is 135 Å². The van der Waals surface area contributed by atoms with Gasteiger partial charge >= 0.3 is 0 Å². The van der Waals surface area contributed by atoms with Gasteiger partial charge in [-0.05, 0) is 24.3 Å². The number of quaternary nitrogens is 2. The minimum Gasteiger partial charge on any atom is -0.322 e. The summed E-state index contributed by atoms with van der Waals surface area (Å²) < 4.78 is 1.90. The quantitative estimate of drug-likeness (QED) is 0.329. The Morgan fingerprint density at radius 1 is 0.550 bits per heavy atom. The van der Waals surface area contributed by atoms with Crippen LogP contribution in [0.25, 0.3) is 0 Å². The molecule has 0 spiro atoms. The van der Waals surface area contributed by atoms with Crippen LogP contribution < -0.4 is 0 Å². The van der Waals surface area contributed by atoms with Crippen LogP contribution in [0.2, 0.25) is 0 Å². The molecule has 4 heteroatoms. The molecule has 0 aliphatic carbocycles. The monoisotopic (exact) mass is 320 g/mol. The Bertz CT molecular complexity index is 299. The summed E-state index contributed by atoms with van der Waals surface area (Å²) in [6.45, 7) is 4.08. The fourth-order valence-electron chi connectivity index (χ4n) is 1.71. The molecule has 0 aliphatic rings. The Morgan fingerprint density at radius 3 is 1.05 bits per heavy atom. The second kappa shape index (κ2) is 10.4. The summed E-state index contributed by atoms with van der Waals surface area (Å²) >= 11 is 11.3. The molecule has 0 aromatic carbocycles. The van der Waals surface area contributed by atoms with Crippen LogP contribution in [-0.2, 0) is 0 Å². The van der Waals surface area contributed by atoms with E-state index in [1.54, 1.807) is 0 Å². The van der Waals surface area contributed by atoms with Crippen LogP contribution >= 0.6 is 23.2 Å². The van der Waals surface area contributed by atoms with Crippen molar-refractivity contribution in [2.45, 2.75) is 0 Å². The standard InChI is InChI=1S/C16H30Cl2N2/c1-19(2,13-7-5-11-17)15-9-10-16-20(3,4)14-8-6-12-18/h5-10H,11-16H2,1-4H3/q+2/b7-5+,8-6+,10-9+. The van der Waals surface area contributed by atoms with Gasteiger partial charge in [-0.25, -0.2) is 0 Å². The lowest BCUT2D eigenvalue weighted by Crippen LogP contribution is -2.41. The lowest BCUT2D eigenvalue weighted by molar-refractivity contribution is -0.881. The predicted molar refractivity (Wildman–Crippen MR) is 92.5 cm³/mol. The van der Waals surface area contributed by atoms with Crippen molar-refractivity contribution in [3.63, 3.8) is 0 Å². The fourth-order valence-corrected chi connectivity index (χ4v) is 1.97. The van der Waals surface area contributed by atoms with Crippen LogP contribution in [0.4, 0.5) is 0 Å². The summed E-state index contributed by atoms with van der Waals surface area (Å²) in [6, 6.07) is 0. The third kappa shape index (κ3) is 11.5. The topological polar surface area (TPSA) is 0 Å². The van der Waals surface area contributed by atoms with Crippen molar-refractivity contribution < 1.29 is 8.97 Å². The Hall–Kier alpha value is -0.280. The molecule has 0 saturated carbocycles. The van der Waals surface area contributed by atoms with Gasteiger partial charge in [0.05, 0.1) is 54.4 Å². The Balaban J connectivity index is 4.11. The van der Waals surface area contributed by atoms with Gasteiger partial charge in [0.25, 0.3) is 0 Å². The second-order valence-corrected chi connectivity index (χ2v) is 6.94. The molecular weight excluding hydrogens is 291 g/mol. The second-order valence-electron chi connectivity index (χ2n) is 6.32. The zero-order chi connectivity index (χ0) is 15.5. The minimum atomic E-state index is 0.595. The van der Waals surface area contributed by atoms with Gasteiger partial charge in [0.2, 0.25) is 0 Å². The van der Waals surface area contributed by atoms with Crippen molar-refractivity contribution in [2.75, 3.05) is 66.1 Å². The van der Waals surface area contributed by atoms with E-state index in [9.17, 15) is 0 Å². The van der Waals surface area contributed by atoms with E-state index in [-0.39, 0.29) is 0 Å². The van der Waals surface area contributed by atoms with Gasteiger partial charge < -0.3 is 8.97 Å². The highest BCUT2D eigenvalue weighted by atomic mass is 35.5. The van der Waals surface area contributed by atoms with Gasteiger partial charge in [0.15, 0.2) is 0 Å². The molecule has 0 aliphatic heterocycles. The number of hydrogen-bond donors (Lipinski definition) is 0. The maximum atomic E-state index is 5.64. The van der Waals surface area contributed by atoms with Crippen LogP contribution in [0, 0.1) is 0 Å². The summed E-state index contributed by atoms with van der Waals surface area (Å²) in [6.07, 6.45) is 12.9. The molecular formula is C16H30Cl2N2+2. The highest BCUT2D eigenvalue weighted by Crippen LogP contribution is 2.01. The largest absolute Gasteiger partial charge is 0.322 e. The molecule has 20 heavy (non-hydrogen) atoms. The van der Waals surface area contributed by atoms with Crippen LogP contribution in [0.5, 0.6) is 0 Å². The van der Waals surface area contributed by atoms with Gasteiger partial charge in [-0.2, -0.15) is 0 Å². The van der Waals surface area contributed by atoms with E-state index in [1.165, 1.54) is 0 Å². The van der Waals surface area contributed by atoms with Gasteiger partial charge in [0.1, 0.15) is 0 Å². The molecule has 2 nitrogen and oxygen atoms in total. The van der Waals surface area contributed by atoms with E-state index < -0.39 is 0 Å². The first-order valence-electron chi connectivity index (χ1n) is 7.04. The molecule has 0 aromatic heterocycles. The smallest absolute Gasteiger partial charge is 0.0974 e. The van der Waals surface area contributed by atoms with Crippen molar-refractivity contribution in [1.82, 2.24) is 0 Å². The van der Waals surface area contributed by atoms with Gasteiger partial charge in [-0.15, -0.1) is 23.2 Å². The number of alkyl halides is 2. The first-order valence-corrected chi connectivity index (χ1v) is 8.11. The summed E-state index contributed by atoms with van der Waals surface area (Å²) in [7, 11) is 8.91. The van der Waals surface area contributed by atoms with Crippen LogP contribution in [0.1, 0.15) is 0 Å². The number of hydrogen-bond acceptors (Lipinski definition) is 0. The minimum absolute atomic E-state index is 0.595. The molecule has 0 bridgehead atoms. The summed E-state index contributed by atoms with van der Waals surface area (Å²) in [5.74, 6) is 1.19. The van der Waals surface area contributed by atoms with E-state index in [0.717, 1.165) is 35.1 Å². The SMILES string of the molecule is C[N+](C)(C/C=C/CCl)C/C=C/C[N+](C)(C)C/C=C/CCl. The average Bonchev–Trinajstić information content (AvgIpc) is 2.35. The fraction of sp³-hybridized carbons (Fsp3) is 0.625. The molecule has 0 fully saturated rings. The maximum Gasteiger partial charge on any atom is 0.0974 e.